The van der Waals surface area contributed by atoms with E-state index < -0.39 is 0 Å². The lowest BCUT2D eigenvalue weighted by molar-refractivity contribution is 0.558. The minimum atomic E-state index is 0.938. The molecular formula is C12H13N3. The van der Waals surface area contributed by atoms with Crippen LogP contribution < -0.4 is 0 Å². The van der Waals surface area contributed by atoms with Crippen LogP contribution in [0.4, 0.5) is 5.69 Å². The Balaban J connectivity index is 2.18. The Morgan fingerprint density at radius 2 is 2.27 bits per heavy atom. The molecule has 3 heteroatoms. The summed E-state index contributed by atoms with van der Waals surface area (Å²) in [5, 5.41) is 0. The van der Waals surface area contributed by atoms with Crippen molar-refractivity contribution in [2.24, 2.45) is 9.98 Å². The Bertz CT molecular complexity index is 460. The maximum Gasteiger partial charge on any atom is 0.138 e. The average molecular weight is 199 g/mol. The molecule has 0 bridgehead atoms. The van der Waals surface area contributed by atoms with E-state index in [1.807, 2.05) is 6.34 Å². The predicted octanol–water partition coefficient (Wildman–Crippen LogP) is 2.12. The van der Waals surface area contributed by atoms with Gasteiger partial charge in [-0.15, -0.1) is 0 Å². The highest BCUT2D eigenvalue weighted by molar-refractivity contribution is 6.10. The molecule has 3 rings (SSSR count). The summed E-state index contributed by atoms with van der Waals surface area (Å²) < 4.78 is 0. The highest BCUT2D eigenvalue weighted by Gasteiger charge is 2.21. The monoisotopic (exact) mass is 199 g/mol. The summed E-state index contributed by atoms with van der Waals surface area (Å²) in [6, 6.07) is 6.33. The van der Waals surface area contributed by atoms with Crippen LogP contribution in [0, 0.1) is 6.92 Å². The van der Waals surface area contributed by atoms with Crippen molar-refractivity contribution in [3.63, 3.8) is 0 Å². The molecule has 0 unspecified atom stereocenters. The molecule has 1 aromatic rings. The van der Waals surface area contributed by atoms with Crippen molar-refractivity contribution in [1.29, 1.82) is 0 Å². The first kappa shape index (κ1) is 8.65. The van der Waals surface area contributed by atoms with Gasteiger partial charge in [0.05, 0.1) is 12.0 Å². The number of aliphatic imine (C=N–C) groups is 2. The molecule has 3 nitrogen and oxygen atoms in total. The van der Waals surface area contributed by atoms with Gasteiger partial charge in [0.25, 0.3) is 0 Å². The van der Waals surface area contributed by atoms with Crippen LogP contribution in [0.2, 0.25) is 0 Å². The molecule has 2 heterocycles. The highest BCUT2D eigenvalue weighted by Crippen LogP contribution is 2.26. The van der Waals surface area contributed by atoms with Crippen LogP contribution in [0.1, 0.15) is 17.5 Å². The largest absolute Gasteiger partial charge is 0.317 e. The fraction of sp³-hybridized carbons (Fsp3) is 0.333. The number of nitrogens with zero attached hydrogens (tertiary/aromatic N) is 3. The first-order valence-electron chi connectivity index (χ1n) is 5.31. The molecule has 0 amide bonds. The molecule has 0 aromatic heterocycles. The third-order valence-electron chi connectivity index (χ3n) is 2.82. The zero-order chi connectivity index (χ0) is 10.3. The maximum absolute atomic E-state index is 4.59. The third-order valence-corrected chi connectivity index (χ3v) is 2.82. The van der Waals surface area contributed by atoms with Crippen LogP contribution in [0.3, 0.4) is 0 Å². The Kier molecular flexibility index (Phi) is 1.84. The summed E-state index contributed by atoms with van der Waals surface area (Å²) in [6.07, 6.45) is 3.02. The Morgan fingerprint density at radius 1 is 1.33 bits per heavy atom. The Morgan fingerprint density at radius 3 is 3.20 bits per heavy atom. The summed E-state index contributed by atoms with van der Waals surface area (Å²) >= 11 is 0. The molecule has 0 aliphatic carbocycles. The number of benzene rings is 1. The van der Waals surface area contributed by atoms with Crippen LogP contribution in [0.15, 0.2) is 28.2 Å². The van der Waals surface area contributed by atoms with Crippen LogP contribution in [0.25, 0.3) is 0 Å². The molecule has 15 heavy (non-hydrogen) atoms. The average Bonchev–Trinajstić information content (AvgIpc) is 2.29. The molecule has 0 fully saturated rings. The maximum atomic E-state index is 4.59. The van der Waals surface area contributed by atoms with E-state index in [1.54, 1.807) is 0 Å². The van der Waals surface area contributed by atoms with Crippen molar-refractivity contribution in [2.75, 3.05) is 13.1 Å². The van der Waals surface area contributed by atoms with Gasteiger partial charge in [-0.1, -0.05) is 11.6 Å². The summed E-state index contributed by atoms with van der Waals surface area (Å²) in [5.74, 6) is 1.09. The van der Waals surface area contributed by atoms with Gasteiger partial charge >= 0.3 is 0 Å². The standard InChI is InChI=1S/C12H13N3/c1-9-3-4-11-10(7-9)12-13-5-2-6-15(12)8-14-11/h3-4,7-8H,2,5-6H2,1H3. The molecule has 0 spiro atoms. The molecule has 76 valence electrons. The van der Waals surface area contributed by atoms with Gasteiger partial charge in [0.1, 0.15) is 5.84 Å². The van der Waals surface area contributed by atoms with E-state index in [1.165, 1.54) is 11.1 Å². The molecule has 1 aromatic carbocycles. The molecule has 0 atom stereocenters. The Labute approximate surface area is 89.2 Å². The molecule has 0 N–H and O–H groups in total. The van der Waals surface area contributed by atoms with Gasteiger partial charge in [-0.2, -0.15) is 0 Å². The first-order chi connectivity index (χ1) is 7.34. The number of fused-ring (bicyclic) bond motifs is 3. The number of rotatable bonds is 0. The van der Waals surface area contributed by atoms with Gasteiger partial charge in [-0.3, -0.25) is 4.99 Å². The number of aryl methyl sites for hydroxylation is 1. The fourth-order valence-corrected chi connectivity index (χ4v) is 2.05. The van der Waals surface area contributed by atoms with Crippen molar-refractivity contribution in [1.82, 2.24) is 4.90 Å². The van der Waals surface area contributed by atoms with E-state index in [0.29, 0.717) is 0 Å². The summed E-state index contributed by atoms with van der Waals surface area (Å²) in [5.41, 5.74) is 3.48. The lowest BCUT2D eigenvalue weighted by Crippen LogP contribution is -2.37. The Hall–Kier alpha value is -1.64. The van der Waals surface area contributed by atoms with Gasteiger partial charge in [-0.25, -0.2) is 4.99 Å². The van der Waals surface area contributed by atoms with Gasteiger partial charge in [0.2, 0.25) is 0 Å². The second-order valence-electron chi connectivity index (χ2n) is 4.02. The number of amidine groups is 1. The van der Waals surface area contributed by atoms with Gasteiger partial charge < -0.3 is 4.90 Å². The summed E-state index contributed by atoms with van der Waals surface area (Å²) in [4.78, 5) is 11.2. The van der Waals surface area contributed by atoms with E-state index in [2.05, 4.69) is 40.0 Å². The summed E-state index contributed by atoms with van der Waals surface area (Å²) in [6.45, 7) is 4.08. The smallest absolute Gasteiger partial charge is 0.138 e. The lowest BCUT2D eigenvalue weighted by atomic mass is 10.1. The molecule has 2 aliphatic heterocycles. The van der Waals surface area contributed by atoms with E-state index >= 15 is 0 Å². The van der Waals surface area contributed by atoms with Crippen LogP contribution >= 0.6 is 0 Å². The van der Waals surface area contributed by atoms with Crippen molar-refractivity contribution in [3.05, 3.63) is 29.3 Å². The second kappa shape index (κ2) is 3.19. The minimum absolute atomic E-state index is 0.938. The van der Waals surface area contributed by atoms with Gasteiger partial charge in [0, 0.05) is 18.7 Å². The van der Waals surface area contributed by atoms with Gasteiger partial charge in [-0.05, 0) is 25.5 Å². The number of hydrogen-bond donors (Lipinski definition) is 0. The van der Waals surface area contributed by atoms with E-state index in [-0.39, 0.29) is 0 Å². The van der Waals surface area contributed by atoms with E-state index in [4.69, 9.17) is 0 Å². The SMILES string of the molecule is Cc1ccc2c(c1)C1=NCCCN1C=N2. The molecule has 0 saturated carbocycles. The first-order valence-corrected chi connectivity index (χ1v) is 5.31. The van der Waals surface area contributed by atoms with Crippen molar-refractivity contribution < 1.29 is 0 Å². The second-order valence-corrected chi connectivity index (χ2v) is 4.02. The van der Waals surface area contributed by atoms with E-state index in [9.17, 15) is 0 Å². The topological polar surface area (TPSA) is 28.0 Å². The normalized spacial score (nSPS) is 18.2. The van der Waals surface area contributed by atoms with Crippen molar-refractivity contribution in [2.45, 2.75) is 13.3 Å². The molecular weight excluding hydrogens is 186 g/mol. The summed E-state index contributed by atoms with van der Waals surface area (Å²) in [7, 11) is 0. The third kappa shape index (κ3) is 1.35. The minimum Gasteiger partial charge on any atom is -0.317 e. The van der Waals surface area contributed by atoms with Crippen molar-refractivity contribution in [3.8, 4) is 0 Å². The zero-order valence-electron chi connectivity index (χ0n) is 8.77. The van der Waals surface area contributed by atoms with Crippen LogP contribution in [0.5, 0.6) is 0 Å². The van der Waals surface area contributed by atoms with Crippen LogP contribution in [-0.4, -0.2) is 30.2 Å². The highest BCUT2D eigenvalue weighted by atomic mass is 15.2. The lowest BCUT2D eigenvalue weighted by Gasteiger charge is -2.29. The fourth-order valence-electron chi connectivity index (χ4n) is 2.05. The van der Waals surface area contributed by atoms with Crippen LogP contribution in [-0.2, 0) is 0 Å². The number of hydrogen-bond acceptors (Lipinski definition) is 3. The quantitative estimate of drug-likeness (QED) is 0.629. The zero-order valence-corrected chi connectivity index (χ0v) is 8.77. The molecule has 2 aliphatic rings. The molecule has 0 saturated heterocycles. The van der Waals surface area contributed by atoms with Gasteiger partial charge in [0.15, 0.2) is 0 Å². The van der Waals surface area contributed by atoms with E-state index in [0.717, 1.165) is 31.0 Å². The predicted molar refractivity (Wildman–Crippen MR) is 62.1 cm³/mol. The van der Waals surface area contributed by atoms with Crippen molar-refractivity contribution >= 4 is 17.9 Å². The molecule has 0 radical (unpaired) electrons.